The second-order valence-electron chi connectivity index (χ2n) is 5.60. The number of hydrogen-bond donors (Lipinski definition) is 3. The summed E-state index contributed by atoms with van der Waals surface area (Å²) in [6.07, 6.45) is 4.26. The third kappa shape index (κ3) is 5.32. The molecule has 1 aromatic carbocycles. The highest BCUT2D eigenvalue weighted by atomic mass is 35.5. The molecular weight excluding hydrogens is 386 g/mol. The molecule has 0 saturated carbocycles. The van der Waals surface area contributed by atoms with Gasteiger partial charge in [0.2, 0.25) is 6.41 Å². The second kappa shape index (κ2) is 9.20. The Morgan fingerprint density at radius 3 is 2.70 bits per heavy atom. The number of rotatable bonds is 9. The van der Waals surface area contributed by atoms with E-state index in [1.165, 1.54) is 11.3 Å². The van der Waals surface area contributed by atoms with E-state index in [2.05, 4.69) is 20.9 Å². The average molecular weight is 404 g/mol. The van der Waals surface area contributed by atoms with Crippen molar-refractivity contribution >= 4 is 40.9 Å². The summed E-state index contributed by atoms with van der Waals surface area (Å²) in [4.78, 5) is 27.1. The zero-order valence-corrected chi connectivity index (χ0v) is 15.9. The molecule has 2 heterocycles. The molecule has 0 atom stereocenters. The number of nitrogens with one attached hydrogen (secondary N) is 3. The predicted octanol–water partition coefficient (Wildman–Crippen LogP) is 2.68. The summed E-state index contributed by atoms with van der Waals surface area (Å²) in [5, 5.41) is 8.64. The van der Waals surface area contributed by atoms with Crippen LogP contribution in [0.2, 0.25) is 4.34 Å². The Morgan fingerprint density at radius 1 is 1.19 bits per heavy atom. The van der Waals surface area contributed by atoms with Crippen molar-refractivity contribution in [2.75, 3.05) is 18.4 Å². The summed E-state index contributed by atoms with van der Waals surface area (Å²) in [6.45, 7) is 1.56. The van der Waals surface area contributed by atoms with Gasteiger partial charge in [-0.2, -0.15) is 0 Å². The van der Waals surface area contributed by atoms with Crippen LogP contribution in [-0.2, 0) is 11.3 Å². The Kier molecular flexibility index (Phi) is 6.45. The summed E-state index contributed by atoms with van der Waals surface area (Å²) < 4.78 is 2.48. The van der Waals surface area contributed by atoms with Crippen molar-refractivity contribution in [2.45, 2.75) is 6.54 Å². The summed E-state index contributed by atoms with van der Waals surface area (Å²) >= 11 is 7.09. The van der Waals surface area contributed by atoms with E-state index < -0.39 is 0 Å². The van der Waals surface area contributed by atoms with E-state index in [1.807, 2.05) is 35.0 Å². The monoisotopic (exact) mass is 403 g/mol. The lowest BCUT2D eigenvalue weighted by Crippen LogP contribution is -2.21. The third-order valence-corrected chi connectivity index (χ3v) is 4.94. The van der Waals surface area contributed by atoms with Crippen molar-refractivity contribution < 1.29 is 9.59 Å². The van der Waals surface area contributed by atoms with Crippen molar-refractivity contribution in [1.29, 1.82) is 0 Å². The largest absolute Gasteiger partial charge is 0.383 e. The molecule has 0 unspecified atom stereocenters. The molecule has 0 aliphatic rings. The number of aromatic nitrogens is 2. The molecule has 0 saturated heterocycles. The highest BCUT2D eigenvalue weighted by molar-refractivity contribution is 7.17. The lowest BCUT2D eigenvalue weighted by atomic mass is 10.2. The SMILES string of the molecule is O=CNCCNc1ccc(-n2cnc(CNC(=O)c3ccc(Cl)s3)c2)cc1. The van der Waals surface area contributed by atoms with Crippen LogP contribution in [-0.4, -0.2) is 35.0 Å². The molecule has 0 spiro atoms. The van der Waals surface area contributed by atoms with E-state index in [0.29, 0.717) is 35.3 Å². The molecule has 0 aliphatic heterocycles. The van der Waals surface area contributed by atoms with Gasteiger partial charge in [-0.3, -0.25) is 9.59 Å². The summed E-state index contributed by atoms with van der Waals surface area (Å²) in [5.41, 5.74) is 2.68. The molecule has 3 N–H and O–H groups in total. The van der Waals surface area contributed by atoms with Crippen LogP contribution in [0.4, 0.5) is 5.69 Å². The van der Waals surface area contributed by atoms with E-state index in [1.54, 1.807) is 18.5 Å². The van der Waals surface area contributed by atoms with Crippen LogP contribution in [0.15, 0.2) is 48.9 Å². The Balaban J connectivity index is 1.54. The number of imidazole rings is 1. The van der Waals surface area contributed by atoms with Crippen LogP contribution >= 0.6 is 22.9 Å². The normalized spacial score (nSPS) is 10.4. The topological polar surface area (TPSA) is 88.1 Å². The number of thiophene rings is 1. The molecule has 2 amide bonds. The van der Waals surface area contributed by atoms with Gasteiger partial charge in [0.25, 0.3) is 5.91 Å². The van der Waals surface area contributed by atoms with E-state index >= 15 is 0 Å². The molecule has 9 heteroatoms. The average Bonchev–Trinajstić information content (AvgIpc) is 3.33. The Morgan fingerprint density at radius 2 is 2.00 bits per heavy atom. The first-order valence-electron chi connectivity index (χ1n) is 8.23. The minimum atomic E-state index is -0.166. The van der Waals surface area contributed by atoms with E-state index in [9.17, 15) is 9.59 Å². The molecule has 140 valence electrons. The number of hydrogen-bond acceptors (Lipinski definition) is 5. The molecule has 0 radical (unpaired) electrons. The van der Waals surface area contributed by atoms with E-state index in [0.717, 1.165) is 17.1 Å². The van der Waals surface area contributed by atoms with Crippen LogP contribution in [0.1, 0.15) is 15.4 Å². The maximum atomic E-state index is 12.0. The summed E-state index contributed by atoms with van der Waals surface area (Å²) in [5.74, 6) is -0.166. The lowest BCUT2D eigenvalue weighted by Gasteiger charge is -2.07. The lowest BCUT2D eigenvalue weighted by molar-refractivity contribution is -0.109. The maximum Gasteiger partial charge on any atom is 0.261 e. The molecule has 3 rings (SSSR count). The van der Waals surface area contributed by atoms with E-state index in [4.69, 9.17) is 11.6 Å². The smallest absolute Gasteiger partial charge is 0.261 e. The first-order chi connectivity index (χ1) is 13.2. The van der Waals surface area contributed by atoms with Crippen molar-refractivity contribution in [3.8, 4) is 5.69 Å². The summed E-state index contributed by atoms with van der Waals surface area (Å²) in [6, 6.07) is 11.2. The maximum absolute atomic E-state index is 12.0. The zero-order chi connectivity index (χ0) is 19.1. The standard InChI is InChI=1S/C18H18ClN5O2S/c19-17-6-5-16(27-17)18(26)22-9-14-10-24(11-23-14)15-3-1-13(2-4-15)21-8-7-20-12-25/h1-6,10-12,21H,7-9H2,(H,20,25)(H,22,26). The minimum absolute atomic E-state index is 0.166. The number of amides is 2. The van der Waals surface area contributed by atoms with Crippen molar-refractivity contribution in [2.24, 2.45) is 0 Å². The van der Waals surface area contributed by atoms with Gasteiger partial charge in [0, 0.05) is 30.7 Å². The number of anilines is 1. The summed E-state index contributed by atoms with van der Waals surface area (Å²) in [7, 11) is 0. The highest BCUT2D eigenvalue weighted by Gasteiger charge is 2.09. The molecule has 0 fully saturated rings. The molecule has 7 nitrogen and oxygen atoms in total. The van der Waals surface area contributed by atoms with Crippen LogP contribution in [0, 0.1) is 0 Å². The van der Waals surface area contributed by atoms with Gasteiger partial charge in [-0.15, -0.1) is 11.3 Å². The van der Waals surface area contributed by atoms with Crippen molar-refractivity contribution in [3.63, 3.8) is 0 Å². The highest BCUT2D eigenvalue weighted by Crippen LogP contribution is 2.21. The molecule has 0 bridgehead atoms. The Bertz CT molecular complexity index is 907. The zero-order valence-electron chi connectivity index (χ0n) is 14.3. The Labute approximate surface area is 165 Å². The minimum Gasteiger partial charge on any atom is -0.383 e. The molecule has 3 aromatic rings. The molecule has 27 heavy (non-hydrogen) atoms. The van der Waals surface area contributed by atoms with Gasteiger partial charge in [-0.1, -0.05) is 11.6 Å². The number of halogens is 1. The van der Waals surface area contributed by atoms with Gasteiger partial charge in [0.05, 0.1) is 27.8 Å². The fourth-order valence-electron chi connectivity index (χ4n) is 2.38. The van der Waals surface area contributed by atoms with Gasteiger partial charge in [-0.25, -0.2) is 4.98 Å². The van der Waals surface area contributed by atoms with Gasteiger partial charge >= 0.3 is 0 Å². The van der Waals surface area contributed by atoms with Gasteiger partial charge in [0.1, 0.15) is 0 Å². The van der Waals surface area contributed by atoms with E-state index in [-0.39, 0.29) is 5.91 Å². The molecule has 0 aliphatic carbocycles. The third-order valence-electron chi connectivity index (χ3n) is 3.71. The van der Waals surface area contributed by atoms with Crippen molar-refractivity contribution in [3.05, 3.63) is 63.8 Å². The van der Waals surface area contributed by atoms with Crippen LogP contribution in [0.3, 0.4) is 0 Å². The van der Waals surface area contributed by atoms with Gasteiger partial charge < -0.3 is 20.5 Å². The fraction of sp³-hybridized carbons (Fsp3) is 0.167. The first kappa shape index (κ1) is 18.9. The van der Waals surface area contributed by atoms with Crippen LogP contribution in [0.25, 0.3) is 5.69 Å². The predicted molar refractivity (Wildman–Crippen MR) is 107 cm³/mol. The second-order valence-corrected chi connectivity index (χ2v) is 7.32. The molecular formula is C18H18ClN5O2S. The van der Waals surface area contributed by atoms with Gasteiger partial charge in [0.15, 0.2) is 0 Å². The number of carbonyl (C=O) groups is 2. The van der Waals surface area contributed by atoms with Crippen molar-refractivity contribution in [1.82, 2.24) is 20.2 Å². The number of carbonyl (C=O) groups excluding carboxylic acids is 2. The Hall–Kier alpha value is -2.84. The first-order valence-corrected chi connectivity index (χ1v) is 9.43. The van der Waals surface area contributed by atoms with Gasteiger partial charge in [-0.05, 0) is 36.4 Å². The fourth-order valence-corrected chi connectivity index (χ4v) is 3.34. The van der Waals surface area contributed by atoms with Crippen LogP contribution < -0.4 is 16.0 Å². The number of nitrogens with zero attached hydrogens (tertiary/aromatic N) is 2. The molecule has 2 aromatic heterocycles. The number of benzene rings is 1. The van der Waals surface area contributed by atoms with Crippen LogP contribution in [0.5, 0.6) is 0 Å². The quantitative estimate of drug-likeness (QED) is 0.378.